The number of aryl methyl sites for hydroxylation is 1. The van der Waals surface area contributed by atoms with Gasteiger partial charge in [-0.15, -0.1) is 10.2 Å². The SMILES string of the molecule is Cc1nnc(NC(=O)c2occc2COc2ccccc2)s1. The van der Waals surface area contributed by atoms with Crippen LogP contribution in [0.15, 0.2) is 47.1 Å². The number of anilines is 1. The molecule has 7 heteroatoms. The molecule has 0 aliphatic rings. The number of rotatable bonds is 5. The first-order valence-electron chi connectivity index (χ1n) is 6.58. The molecular formula is C15H13N3O3S. The summed E-state index contributed by atoms with van der Waals surface area (Å²) < 4.78 is 10.9. The van der Waals surface area contributed by atoms with Crippen LogP contribution in [0.25, 0.3) is 0 Å². The molecule has 0 atom stereocenters. The van der Waals surface area contributed by atoms with Crippen molar-refractivity contribution in [3.63, 3.8) is 0 Å². The van der Waals surface area contributed by atoms with E-state index in [0.29, 0.717) is 10.7 Å². The molecule has 1 N–H and O–H groups in total. The molecule has 112 valence electrons. The van der Waals surface area contributed by atoms with Gasteiger partial charge >= 0.3 is 0 Å². The van der Waals surface area contributed by atoms with E-state index in [2.05, 4.69) is 15.5 Å². The number of furan rings is 1. The average molecular weight is 315 g/mol. The van der Waals surface area contributed by atoms with E-state index < -0.39 is 0 Å². The Bertz CT molecular complexity index is 767. The molecule has 0 radical (unpaired) electrons. The smallest absolute Gasteiger partial charge is 0.293 e. The fraction of sp³-hybridized carbons (Fsp3) is 0.133. The third kappa shape index (κ3) is 3.32. The Kier molecular flexibility index (Phi) is 4.15. The molecule has 3 aromatic rings. The van der Waals surface area contributed by atoms with Crippen LogP contribution in [0.4, 0.5) is 5.13 Å². The summed E-state index contributed by atoms with van der Waals surface area (Å²) in [5, 5.41) is 11.6. The van der Waals surface area contributed by atoms with Crippen LogP contribution in [-0.2, 0) is 6.61 Å². The van der Waals surface area contributed by atoms with Gasteiger partial charge in [-0.05, 0) is 25.1 Å². The molecule has 0 aliphatic carbocycles. The van der Waals surface area contributed by atoms with Gasteiger partial charge in [0, 0.05) is 5.56 Å². The van der Waals surface area contributed by atoms with Crippen molar-refractivity contribution in [3.05, 3.63) is 59.0 Å². The fourth-order valence-corrected chi connectivity index (χ4v) is 2.41. The highest BCUT2D eigenvalue weighted by Crippen LogP contribution is 2.19. The number of amides is 1. The summed E-state index contributed by atoms with van der Waals surface area (Å²) >= 11 is 1.30. The van der Waals surface area contributed by atoms with Crippen molar-refractivity contribution in [2.45, 2.75) is 13.5 Å². The van der Waals surface area contributed by atoms with Crippen molar-refractivity contribution in [3.8, 4) is 5.75 Å². The predicted octanol–water partition coefficient (Wildman–Crippen LogP) is 3.27. The summed E-state index contributed by atoms with van der Waals surface area (Å²) in [6.07, 6.45) is 1.46. The largest absolute Gasteiger partial charge is 0.489 e. The molecule has 0 fully saturated rings. The number of ether oxygens (including phenoxy) is 1. The summed E-state index contributed by atoms with van der Waals surface area (Å²) in [4.78, 5) is 12.2. The van der Waals surface area contributed by atoms with Crippen molar-refractivity contribution in [2.75, 3.05) is 5.32 Å². The Morgan fingerprint density at radius 2 is 2.09 bits per heavy atom. The summed E-state index contributed by atoms with van der Waals surface area (Å²) in [7, 11) is 0. The second-order valence-electron chi connectivity index (χ2n) is 4.46. The molecule has 22 heavy (non-hydrogen) atoms. The zero-order valence-electron chi connectivity index (χ0n) is 11.8. The summed E-state index contributed by atoms with van der Waals surface area (Å²) in [5.41, 5.74) is 0.669. The number of nitrogens with zero attached hydrogens (tertiary/aromatic N) is 2. The second-order valence-corrected chi connectivity index (χ2v) is 5.64. The van der Waals surface area contributed by atoms with Crippen LogP contribution in [0.5, 0.6) is 5.75 Å². The van der Waals surface area contributed by atoms with E-state index in [1.807, 2.05) is 37.3 Å². The van der Waals surface area contributed by atoms with Crippen LogP contribution in [-0.4, -0.2) is 16.1 Å². The molecule has 6 nitrogen and oxygen atoms in total. The maximum atomic E-state index is 12.2. The predicted molar refractivity (Wildman–Crippen MR) is 82.1 cm³/mol. The summed E-state index contributed by atoms with van der Waals surface area (Å²) in [6.45, 7) is 2.07. The molecule has 0 bridgehead atoms. The van der Waals surface area contributed by atoms with E-state index in [0.717, 1.165) is 10.8 Å². The minimum absolute atomic E-state index is 0.212. The van der Waals surface area contributed by atoms with Gasteiger partial charge in [0.25, 0.3) is 5.91 Å². The Morgan fingerprint density at radius 3 is 2.82 bits per heavy atom. The Hall–Kier alpha value is -2.67. The molecular weight excluding hydrogens is 302 g/mol. The number of nitrogens with one attached hydrogen (secondary N) is 1. The lowest BCUT2D eigenvalue weighted by molar-refractivity contribution is 0.0993. The molecule has 0 spiro atoms. The molecule has 1 amide bonds. The van der Waals surface area contributed by atoms with Gasteiger partial charge in [-0.1, -0.05) is 29.5 Å². The van der Waals surface area contributed by atoms with Crippen LogP contribution in [0, 0.1) is 6.92 Å². The number of hydrogen-bond acceptors (Lipinski definition) is 6. The second kappa shape index (κ2) is 6.40. The van der Waals surface area contributed by atoms with Gasteiger partial charge in [0.2, 0.25) is 5.13 Å². The van der Waals surface area contributed by atoms with E-state index in [9.17, 15) is 4.79 Å². The molecule has 0 saturated heterocycles. The summed E-state index contributed by atoms with van der Waals surface area (Å²) in [5.74, 6) is 0.575. The van der Waals surface area contributed by atoms with Gasteiger partial charge in [-0.2, -0.15) is 0 Å². The Balaban J connectivity index is 1.67. The van der Waals surface area contributed by atoms with Crippen molar-refractivity contribution in [1.82, 2.24) is 10.2 Å². The first-order chi connectivity index (χ1) is 10.7. The van der Waals surface area contributed by atoms with E-state index >= 15 is 0 Å². The van der Waals surface area contributed by atoms with Gasteiger partial charge in [0.15, 0.2) is 5.76 Å². The average Bonchev–Trinajstić information content (AvgIpc) is 3.15. The highest BCUT2D eigenvalue weighted by atomic mass is 32.1. The number of aromatic nitrogens is 2. The minimum Gasteiger partial charge on any atom is -0.489 e. The lowest BCUT2D eigenvalue weighted by Gasteiger charge is -2.05. The van der Waals surface area contributed by atoms with Crippen molar-refractivity contribution in [2.24, 2.45) is 0 Å². The maximum absolute atomic E-state index is 12.2. The first-order valence-corrected chi connectivity index (χ1v) is 7.39. The third-order valence-corrected chi connectivity index (χ3v) is 3.59. The number of hydrogen-bond donors (Lipinski definition) is 1. The third-order valence-electron chi connectivity index (χ3n) is 2.84. The van der Waals surface area contributed by atoms with E-state index in [1.54, 1.807) is 6.07 Å². The minimum atomic E-state index is -0.368. The lowest BCUT2D eigenvalue weighted by Crippen LogP contribution is -2.13. The molecule has 2 heterocycles. The Labute approximate surface area is 130 Å². The molecule has 0 unspecified atom stereocenters. The zero-order chi connectivity index (χ0) is 15.4. The quantitative estimate of drug-likeness (QED) is 0.782. The van der Waals surface area contributed by atoms with Gasteiger partial charge < -0.3 is 9.15 Å². The van der Waals surface area contributed by atoms with Crippen molar-refractivity contribution in [1.29, 1.82) is 0 Å². The normalized spacial score (nSPS) is 10.4. The van der Waals surface area contributed by atoms with E-state index in [-0.39, 0.29) is 18.3 Å². The topological polar surface area (TPSA) is 77.3 Å². The van der Waals surface area contributed by atoms with Crippen LogP contribution < -0.4 is 10.1 Å². The van der Waals surface area contributed by atoms with Gasteiger partial charge in [0.05, 0.1) is 6.26 Å². The molecule has 3 rings (SSSR count). The standard InChI is InChI=1S/C15H13N3O3S/c1-10-17-18-15(22-10)16-14(19)13-11(7-8-20-13)9-21-12-5-3-2-4-6-12/h2-8H,9H2,1H3,(H,16,18,19). The van der Waals surface area contributed by atoms with Crippen LogP contribution >= 0.6 is 11.3 Å². The van der Waals surface area contributed by atoms with Gasteiger partial charge in [-0.3, -0.25) is 10.1 Å². The lowest BCUT2D eigenvalue weighted by atomic mass is 10.2. The van der Waals surface area contributed by atoms with Gasteiger partial charge in [0.1, 0.15) is 17.4 Å². The molecule has 0 saturated carbocycles. The highest BCUT2D eigenvalue weighted by molar-refractivity contribution is 7.15. The van der Waals surface area contributed by atoms with Crippen LogP contribution in [0.1, 0.15) is 21.1 Å². The number of benzene rings is 1. The van der Waals surface area contributed by atoms with E-state index in [1.165, 1.54) is 17.6 Å². The molecule has 0 aliphatic heterocycles. The van der Waals surface area contributed by atoms with Crippen LogP contribution in [0.2, 0.25) is 0 Å². The molecule has 1 aromatic carbocycles. The van der Waals surface area contributed by atoms with Gasteiger partial charge in [-0.25, -0.2) is 0 Å². The van der Waals surface area contributed by atoms with E-state index in [4.69, 9.17) is 9.15 Å². The first kappa shape index (κ1) is 14.3. The van der Waals surface area contributed by atoms with Crippen molar-refractivity contribution < 1.29 is 13.9 Å². The Morgan fingerprint density at radius 1 is 1.27 bits per heavy atom. The van der Waals surface area contributed by atoms with Crippen molar-refractivity contribution >= 4 is 22.4 Å². The monoisotopic (exact) mass is 315 g/mol. The maximum Gasteiger partial charge on any atom is 0.293 e. The highest BCUT2D eigenvalue weighted by Gasteiger charge is 2.17. The number of carbonyl (C=O) groups excluding carboxylic acids is 1. The van der Waals surface area contributed by atoms with Crippen LogP contribution in [0.3, 0.4) is 0 Å². The number of para-hydroxylation sites is 1. The zero-order valence-corrected chi connectivity index (χ0v) is 12.6. The fourth-order valence-electron chi connectivity index (χ4n) is 1.83. The molecule has 2 aromatic heterocycles. The summed E-state index contributed by atoms with van der Waals surface area (Å²) in [6, 6.07) is 11.1. The number of carbonyl (C=O) groups is 1.